The van der Waals surface area contributed by atoms with Crippen LogP contribution in [-0.2, 0) is 15.9 Å². The van der Waals surface area contributed by atoms with Crippen molar-refractivity contribution in [2.45, 2.75) is 52.4 Å². The van der Waals surface area contributed by atoms with Crippen LogP contribution in [0.15, 0.2) is 12.3 Å². The van der Waals surface area contributed by atoms with E-state index in [0.29, 0.717) is 0 Å². The number of hydrogen-bond donors (Lipinski definition) is 0. The van der Waals surface area contributed by atoms with Crippen LogP contribution >= 0.6 is 0 Å². The lowest BCUT2D eigenvalue weighted by molar-refractivity contribution is 0.00578. The first-order valence-electron chi connectivity index (χ1n) is 7.08. The maximum Gasteiger partial charge on any atom is 0.496 e. The fraction of sp³-hybridized carbons (Fsp3) is 0.667. The van der Waals surface area contributed by atoms with Crippen molar-refractivity contribution in [2.75, 3.05) is 14.1 Å². The van der Waals surface area contributed by atoms with E-state index >= 15 is 0 Å². The monoisotopic (exact) mass is 276 g/mol. The van der Waals surface area contributed by atoms with Crippen molar-refractivity contribution in [3.63, 3.8) is 0 Å². The summed E-state index contributed by atoms with van der Waals surface area (Å²) in [6.45, 7) is 11.1. The van der Waals surface area contributed by atoms with Crippen LogP contribution in [0.25, 0.3) is 0 Å². The van der Waals surface area contributed by atoms with Crippen LogP contribution in [0, 0.1) is 6.92 Å². The molecule has 20 heavy (non-hydrogen) atoms. The van der Waals surface area contributed by atoms with Crippen molar-refractivity contribution < 1.29 is 9.31 Å². The number of rotatable bonds is 3. The predicted molar refractivity (Wildman–Crippen MR) is 82.1 cm³/mol. The van der Waals surface area contributed by atoms with Gasteiger partial charge in [0.2, 0.25) is 0 Å². The lowest BCUT2D eigenvalue weighted by Crippen LogP contribution is -2.41. The molecule has 1 fully saturated rings. The molecule has 0 spiro atoms. The molecule has 0 amide bonds. The maximum atomic E-state index is 6.13. The molecule has 1 aromatic heterocycles. The third kappa shape index (κ3) is 2.90. The van der Waals surface area contributed by atoms with Crippen LogP contribution in [0.1, 0.15) is 39.0 Å². The topological polar surface area (TPSA) is 34.6 Å². The van der Waals surface area contributed by atoms with Crippen molar-refractivity contribution in [1.29, 1.82) is 0 Å². The van der Waals surface area contributed by atoms with Gasteiger partial charge in [-0.25, -0.2) is 0 Å². The average Bonchev–Trinajstić information content (AvgIpc) is 2.46. The van der Waals surface area contributed by atoms with E-state index in [9.17, 15) is 0 Å². The van der Waals surface area contributed by atoms with Crippen LogP contribution in [0.2, 0.25) is 0 Å². The first-order chi connectivity index (χ1) is 9.12. The van der Waals surface area contributed by atoms with Crippen LogP contribution in [-0.4, -0.2) is 42.3 Å². The fourth-order valence-corrected chi connectivity index (χ4v) is 2.29. The Hall–Kier alpha value is -0.905. The first-order valence-corrected chi connectivity index (χ1v) is 7.08. The summed E-state index contributed by atoms with van der Waals surface area (Å²) < 4.78 is 12.3. The third-order valence-electron chi connectivity index (χ3n) is 4.15. The van der Waals surface area contributed by atoms with Crippen molar-refractivity contribution in [3.05, 3.63) is 23.5 Å². The molecule has 2 heterocycles. The lowest BCUT2D eigenvalue weighted by Gasteiger charge is -2.32. The Kier molecular flexibility index (Phi) is 3.97. The fourth-order valence-electron chi connectivity index (χ4n) is 2.29. The minimum absolute atomic E-state index is 0.321. The minimum Gasteiger partial charge on any atom is -0.399 e. The molecule has 0 N–H and O–H groups in total. The Labute approximate surface area is 122 Å². The van der Waals surface area contributed by atoms with E-state index in [4.69, 9.17) is 9.31 Å². The van der Waals surface area contributed by atoms with Gasteiger partial charge < -0.3 is 14.2 Å². The van der Waals surface area contributed by atoms with Gasteiger partial charge in [-0.1, -0.05) is 0 Å². The van der Waals surface area contributed by atoms with Gasteiger partial charge in [0.05, 0.1) is 11.2 Å². The van der Waals surface area contributed by atoms with Gasteiger partial charge in [-0.15, -0.1) is 0 Å². The van der Waals surface area contributed by atoms with Crippen LogP contribution in [0.3, 0.4) is 0 Å². The van der Waals surface area contributed by atoms with E-state index in [0.717, 1.165) is 17.7 Å². The second-order valence-electron chi connectivity index (χ2n) is 6.85. The molecule has 2 rings (SSSR count). The molecule has 4 nitrogen and oxygen atoms in total. The Morgan fingerprint density at radius 1 is 1.15 bits per heavy atom. The quantitative estimate of drug-likeness (QED) is 0.788. The van der Waals surface area contributed by atoms with Gasteiger partial charge in [0.15, 0.2) is 0 Å². The van der Waals surface area contributed by atoms with Gasteiger partial charge in [-0.3, -0.25) is 4.98 Å². The Bertz CT molecular complexity index is 485. The smallest absolute Gasteiger partial charge is 0.399 e. The molecule has 5 heteroatoms. The van der Waals surface area contributed by atoms with E-state index in [1.54, 1.807) is 0 Å². The number of hydrogen-bond acceptors (Lipinski definition) is 4. The Morgan fingerprint density at radius 3 is 2.20 bits per heavy atom. The second-order valence-corrected chi connectivity index (χ2v) is 6.85. The molecule has 0 aromatic carbocycles. The van der Waals surface area contributed by atoms with Crippen molar-refractivity contribution in [1.82, 2.24) is 9.88 Å². The Balaban J connectivity index is 2.34. The van der Waals surface area contributed by atoms with E-state index in [-0.39, 0.29) is 18.3 Å². The van der Waals surface area contributed by atoms with Gasteiger partial charge in [0.25, 0.3) is 0 Å². The summed E-state index contributed by atoms with van der Waals surface area (Å²) in [6.07, 6.45) is 1.89. The van der Waals surface area contributed by atoms with E-state index in [1.165, 1.54) is 5.56 Å². The van der Waals surface area contributed by atoms with Crippen molar-refractivity contribution >= 4 is 12.6 Å². The van der Waals surface area contributed by atoms with Crippen molar-refractivity contribution in [3.8, 4) is 0 Å². The summed E-state index contributed by atoms with van der Waals surface area (Å²) in [6, 6.07) is 2.11. The molecule has 1 saturated heterocycles. The molecule has 0 atom stereocenters. The van der Waals surface area contributed by atoms with Gasteiger partial charge in [-0.2, -0.15) is 0 Å². The van der Waals surface area contributed by atoms with Crippen LogP contribution in [0.4, 0.5) is 0 Å². The number of aryl methyl sites for hydroxylation is 1. The molecule has 0 bridgehead atoms. The molecule has 0 aliphatic carbocycles. The van der Waals surface area contributed by atoms with E-state index in [1.807, 2.05) is 13.1 Å². The predicted octanol–water partition coefficient (Wildman–Crippen LogP) is 1.75. The number of aromatic nitrogens is 1. The van der Waals surface area contributed by atoms with Crippen LogP contribution in [0.5, 0.6) is 0 Å². The zero-order valence-corrected chi connectivity index (χ0v) is 13.7. The SMILES string of the molecule is Cc1cc(CN(C)C)c(B2OC(C)(C)C(C)(C)O2)cn1. The van der Waals surface area contributed by atoms with Gasteiger partial charge in [0, 0.05) is 23.9 Å². The van der Waals surface area contributed by atoms with Crippen molar-refractivity contribution in [2.24, 2.45) is 0 Å². The summed E-state index contributed by atoms with van der Waals surface area (Å²) in [5, 5.41) is 0. The Morgan fingerprint density at radius 2 is 1.70 bits per heavy atom. The standard InChI is InChI=1S/C15H25BN2O2/c1-11-8-12(10-18(6)7)13(9-17-11)16-19-14(2,3)15(4,5)20-16/h8-9H,10H2,1-7H3. The first kappa shape index (κ1) is 15.5. The summed E-state index contributed by atoms with van der Waals surface area (Å²) in [5.74, 6) is 0. The minimum atomic E-state index is -0.344. The van der Waals surface area contributed by atoms with E-state index < -0.39 is 0 Å². The molecular formula is C15H25BN2O2. The molecule has 1 aliphatic heterocycles. The molecule has 1 aliphatic rings. The highest BCUT2D eigenvalue weighted by molar-refractivity contribution is 6.62. The zero-order valence-electron chi connectivity index (χ0n) is 13.7. The van der Waals surface area contributed by atoms with Gasteiger partial charge in [-0.05, 0) is 60.3 Å². The normalized spacial score (nSPS) is 20.7. The summed E-state index contributed by atoms with van der Waals surface area (Å²) >= 11 is 0. The number of nitrogens with zero attached hydrogens (tertiary/aromatic N) is 2. The molecule has 110 valence electrons. The molecule has 0 unspecified atom stereocenters. The molecule has 0 saturated carbocycles. The summed E-state index contributed by atoms with van der Waals surface area (Å²) in [4.78, 5) is 6.55. The highest BCUT2D eigenvalue weighted by atomic mass is 16.7. The van der Waals surface area contributed by atoms with Gasteiger partial charge in [0.1, 0.15) is 0 Å². The molecule has 1 aromatic rings. The van der Waals surface area contributed by atoms with Crippen LogP contribution < -0.4 is 5.46 Å². The largest absolute Gasteiger partial charge is 0.496 e. The third-order valence-corrected chi connectivity index (χ3v) is 4.15. The van der Waals surface area contributed by atoms with Gasteiger partial charge >= 0.3 is 7.12 Å². The summed E-state index contributed by atoms with van der Waals surface area (Å²) in [7, 11) is 3.77. The highest BCUT2D eigenvalue weighted by Crippen LogP contribution is 2.36. The van der Waals surface area contributed by atoms with E-state index in [2.05, 4.69) is 57.7 Å². The zero-order chi connectivity index (χ0) is 15.1. The number of pyridine rings is 1. The maximum absolute atomic E-state index is 6.13. The average molecular weight is 276 g/mol. The highest BCUT2D eigenvalue weighted by Gasteiger charge is 2.52. The second kappa shape index (κ2) is 5.13. The summed E-state index contributed by atoms with van der Waals surface area (Å²) in [5.41, 5.74) is 2.61. The molecule has 0 radical (unpaired) electrons. The molecular weight excluding hydrogens is 251 g/mol. The lowest BCUT2D eigenvalue weighted by atomic mass is 9.77.